The Labute approximate surface area is 171 Å². The van der Waals surface area contributed by atoms with Crippen molar-refractivity contribution in [2.24, 2.45) is 11.8 Å². The van der Waals surface area contributed by atoms with Crippen molar-refractivity contribution in [2.75, 3.05) is 0 Å². The Morgan fingerprint density at radius 1 is 1.19 bits per heavy atom. The summed E-state index contributed by atoms with van der Waals surface area (Å²) in [6, 6.07) is 11.9. The highest BCUT2D eigenvalue weighted by Crippen LogP contribution is 2.55. The van der Waals surface area contributed by atoms with E-state index in [1.165, 1.54) is 29.5 Å². The van der Waals surface area contributed by atoms with Crippen LogP contribution in [0.1, 0.15) is 60.3 Å². The van der Waals surface area contributed by atoms with Crippen LogP contribution in [0.25, 0.3) is 0 Å². The maximum absolute atomic E-state index is 13.3. The van der Waals surface area contributed by atoms with E-state index >= 15 is 0 Å². The fourth-order valence-corrected chi connectivity index (χ4v) is 5.60. The van der Waals surface area contributed by atoms with Gasteiger partial charge in [-0.25, -0.2) is 0 Å². The number of carbonyl (C=O) groups excluding carboxylic acids is 1. The standard InChI is InChI=1S/C23H25Cl2NO/c1-13-6-9-17-18-5-3-4-14(2)21(18)22(19(17)10-13)23(27)26-12-15-7-8-16(24)11-20(15)25/h3-5,7-8,11,13,17,19,22H,6,9-10,12H2,1-2H3,(H,26,27). The van der Waals surface area contributed by atoms with E-state index in [0.717, 1.165) is 12.0 Å². The number of halogens is 2. The Morgan fingerprint density at radius 2 is 2.00 bits per heavy atom. The molecule has 4 atom stereocenters. The molecule has 27 heavy (non-hydrogen) atoms. The molecule has 2 aliphatic carbocycles. The maximum atomic E-state index is 13.3. The van der Waals surface area contributed by atoms with E-state index < -0.39 is 0 Å². The summed E-state index contributed by atoms with van der Waals surface area (Å²) in [5.74, 6) is 1.68. The number of hydrogen-bond donors (Lipinski definition) is 1. The third-order valence-electron chi connectivity index (χ3n) is 6.41. The van der Waals surface area contributed by atoms with Gasteiger partial charge in [0.1, 0.15) is 0 Å². The fourth-order valence-electron chi connectivity index (χ4n) is 5.13. The minimum atomic E-state index is -0.0555. The van der Waals surface area contributed by atoms with E-state index in [2.05, 4.69) is 37.4 Å². The smallest absolute Gasteiger partial charge is 0.228 e. The minimum Gasteiger partial charge on any atom is -0.351 e. The zero-order valence-electron chi connectivity index (χ0n) is 15.8. The molecule has 4 unspecified atom stereocenters. The molecule has 2 aromatic rings. The summed E-state index contributed by atoms with van der Waals surface area (Å²) in [5, 5.41) is 4.35. The van der Waals surface area contributed by atoms with Crippen LogP contribution in [-0.2, 0) is 11.3 Å². The highest BCUT2D eigenvalue weighted by Gasteiger charge is 2.46. The Hall–Kier alpha value is -1.51. The molecule has 1 fully saturated rings. The predicted molar refractivity (Wildman–Crippen MR) is 111 cm³/mol. The molecule has 142 valence electrons. The van der Waals surface area contributed by atoms with E-state index in [-0.39, 0.29) is 11.8 Å². The number of benzene rings is 2. The van der Waals surface area contributed by atoms with Gasteiger partial charge in [0.05, 0.1) is 5.92 Å². The zero-order valence-corrected chi connectivity index (χ0v) is 17.3. The highest BCUT2D eigenvalue weighted by molar-refractivity contribution is 6.35. The Morgan fingerprint density at radius 3 is 2.78 bits per heavy atom. The summed E-state index contributed by atoms with van der Waals surface area (Å²) in [7, 11) is 0. The monoisotopic (exact) mass is 401 g/mol. The zero-order chi connectivity index (χ0) is 19.1. The molecule has 1 amide bonds. The number of nitrogens with one attached hydrogen (secondary N) is 1. The second-order valence-electron chi connectivity index (χ2n) is 8.20. The van der Waals surface area contributed by atoms with Crippen molar-refractivity contribution in [3.63, 3.8) is 0 Å². The molecular formula is C23H25Cl2NO. The summed E-state index contributed by atoms with van der Waals surface area (Å²) in [6.45, 7) is 4.88. The normalized spacial score (nSPS) is 26.4. The van der Waals surface area contributed by atoms with Crippen LogP contribution in [-0.4, -0.2) is 5.91 Å². The van der Waals surface area contributed by atoms with E-state index in [0.29, 0.717) is 34.3 Å². The van der Waals surface area contributed by atoms with Crippen molar-refractivity contribution >= 4 is 29.1 Å². The van der Waals surface area contributed by atoms with Gasteiger partial charge < -0.3 is 5.32 Å². The number of aryl methyl sites for hydroxylation is 1. The third kappa shape index (κ3) is 3.50. The summed E-state index contributed by atoms with van der Waals surface area (Å²) in [5.41, 5.74) is 4.79. The summed E-state index contributed by atoms with van der Waals surface area (Å²) < 4.78 is 0. The summed E-state index contributed by atoms with van der Waals surface area (Å²) in [4.78, 5) is 13.3. The SMILES string of the molecule is Cc1cccc2c1C(C(=O)NCc1ccc(Cl)cc1Cl)C1CC(C)CCC21. The van der Waals surface area contributed by atoms with Crippen LogP contribution in [0.15, 0.2) is 36.4 Å². The van der Waals surface area contributed by atoms with Crippen molar-refractivity contribution in [3.05, 3.63) is 68.7 Å². The van der Waals surface area contributed by atoms with Gasteiger partial charge >= 0.3 is 0 Å². The number of amides is 1. The van der Waals surface area contributed by atoms with Crippen molar-refractivity contribution in [3.8, 4) is 0 Å². The van der Waals surface area contributed by atoms with Crippen LogP contribution in [0, 0.1) is 18.8 Å². The number of rotatable bonds is 3. The topological polar surface area (TPSA) is 29.1 Å². The van der Waals surface area contributed by atoms with Gasteiger partial charge in [0.2, 0.25) is 5.91 Å². The quantitative estimate of drug-likeness (QED) is 0.647. The molecule has 2 aromatic carbocycles. The van der Waals surface area contributed by atoms with E-state index in [4.69, 9.17) is 23.2 Å². The lowest BCUT2D eigenvalue weighted by Crippen LogP contribution is -2.34. The van der Waals surface area contributed by atoms with E-state index in [9.17, 15) is 4.79 Å². The van der Waals surface area contributed by atoms with Gasteiger partial charge in [-0.05, 0) is 71.9 Å². The molecule has 0 radical (unpaired) electrons. The van der Waals surface area contributed by atoms with Crippen molar-refractivity contribution in [1.29, 1.82) is 0 Å². The number of fused-ring (bicyclic) bond motifs is 3. The second-order valence-corrected chi connectivity index (χ2v) is 9.04. The van der Waals surface area contributed by atoms with Crippen LogP contribution < -0.4 is 5.32 Å². The molecule has 0 heterocycles. The first-order valence-electron chi connectivity index (χ1n) is 9.76. The molecule has 1 N–H and O–H groups in total. The predicted octanol–water partition coefficient (Wildman–Crippen LogP) is 6.24. The van der Waals surface area contributed by atoms with Crippen LogP contribution in [0.4, 0.5) is 0 Å². The Bertz CT molecular complexity index is 879. The number of carbonyl (C=O) groups is 1. The average molecular weight is 402 g/mol. The van der Waals surface area contributed by atoms with E-state index in [1.54, 1.807) is 6.07 Å². The molecule has 0 aliphatic heterocycles. The first-order chi connectivity index (χ1) is 13.0. The second kappa shape index (κ2) is 7.48. The minimum absolute atomic E-state index is 0.0555. The molecule has 0 aromatic heterocycles. The first-order valence-corrected chi connectivity index (χ1v) is 10.5. The molecule has 2 nitrogen and oxygen atoms in total. The van der Waals surface area contributed by atoms with Crippen LogP contribution in [0.3, 0.4) is 0 Å². The maximum Gasteiger partial charge on any atom is 0.228 e. The Balaban J connectivity index is 1.60. The van der Waals surface area contributed by atoms with Crippen LogP contribution >= 0.6 is 23.2 Å². The van der Waals surface area contributed by atoms with Crippen molar-refractivity contribution in [2.45, 2.75) is 51.5 Å². The molecule has 4 heteroatoms. The summed E-state index contributed by atoms with van der Waals surface area (Å²) in [6.07, 6.45) is 3.57. The van der Waals surface area contributed by atoms with Gasteiger partial charge in [0, 0.05) is 16.6 Å². The van der Waals surface area contributed by atoms with Gasteiger partial charge in [0.25, 0.3) is 0 Å². The van der Waals surface area contributed by atoms with Crippen LogP contribution in [0.2, 0.25) is 10.0 Å². The highest BCUT2D eigenvalue weighted by atomic mass is 35.5. The lowest BCUT2D eigenvalue weighted by atomic mass is 9.72. The molecule has 0 spiro atoms. The largest absolute Gasteiger partial charge is 0.351 e. The van der Waals surface area contributed by atoms with E-state index in [1.807, 2.05) is 12.1 Å². The lowest BCUT2D eigenvalue weighted by Gasteiger charge is -2.33. The van der Waals surface area contributed by atoms with Crippen molar-refractivity contribution < 1.29 is 4.79 Å². The fraction of sp³-hybridized carbons (Fsp3) is 0.435. The molecule has 4 rings (SSSR count). The molecular weight excluding hydrogens is 377 g/mol. The Kier molecular flexibility index (Phi) is 5.22. The van der Waals surface area contributed by atoms with Crippen LogP contribution in [0.5, 0.6) is 0 Å². The van der Waals surface area contributed by atoms with Gasteiger partial charge in [0.15, 0.2) is 0 Å². The molecule has 0 bridgehead atoms. The third-order valence-corrected chi connectivity index (χ3v) is 7.00. The average Bonchev–Trinajstić information content (AvgIpc) is 2.95. The van der Waals surface area contributed by atoms with Gasteiger partial charge in [-0.1, -0.05) is 60.8 Å². The molecule has 1 saturated carbocycles. The van der Waals surface area contributed by atoms with Gasteiger partial charge in [-0.3, -0.25) is 4.79 Å². The van der Waals surface area contributed by atoms with Gasteiger partial charge in [-0.2, -0.15) is 0 Å². The lowest BCUT2D eigenvalue weighted by molar-refractivity contribution is -0.124. The van der Waals surface area contributed by atoms with Crippen molar-refractivity contribution in [1.82, 2.24) is 5.32 Å². The summed E-state index contributed by atoms with van der Waals surface area (Å²) >= 11 is 12.2. The van der Waals surface area contributed by atoms with Gasteiger partial charge in [-0.15, -0.1) is 0 Å². The molecule has 0 saturated heterocycles. The first kappa shape index (κ1) is 18.8. The number of hydrogen-bond acceptors (Lipinski definition) is 1. The molecule has 2 aliphatic rings.